The number of benzene rings is 18. The van der Waals surface area contributed by atoms with Crippen LogP contribution in [0.4, 0.5) is 34.1 Å². The zero-order valence-electron chi connectivity index (χ0n) is 76.1. The summed E-state index contributed by atoms with van der Waals surface area (Å²) in [6.07, 6.45) is 0. The zero-order chi connectivity index (χ0) is 88.6. The standard InChI is InChI=1S/C124H109BN2Si2/c1-121(2,3)98-71-94(72-99(83-98)122(4,5)6)92-67-69-112-116(79-92)126(114-65-39-37-63-110(114)88-47-25-15-26-48-88)118-81-97(95-73-100(123(7,8)9)84-101(74-95)124(10,11)12)82-119-120(118)125(112)113-70-68-93(80-117(113)127(119)115-66-40-38-64-111(115)89-49-27-16-28-50-89)96-77-108(128(102-53-29-17-30-54-102,103-55-31-18-32-56-103)106-61-41-51-90(75-106)86-43-21-13-22-44-86)85-109(78-96)129(104-57-33-19-34-58-104,105-59-35-20-36-60-105)107-62-42-52-91(76-107)87-45-23-14-24-46-87/h13-85H,1-12H3. The van der Waals surface area contributed by atoms with E-state index in [2.05, 4.69) is 536 Å². The van der Waals surface area contributed by atoms with Crippen LogP contribution in [0.25, 0.3) is 77.9 Å². The molecule has 18 aromatic carbocycles. The largest absolute Gasteiger partial charge is 0.311 e. The predicted octanol–water partition coefficient (Wildman–Crippen LogP) is 25.4. The van der Waals surface area contributed by atoms with Crippen LogP contribution >= 0.6 is 0 Å². The number of fused-ring (bicyclic) bond motifs is 4. The van der Waals surface area contributed by atoms with Crippen LogP contribution < -0.4 is 67.7 Å². The Bertz CT molecular complexity index is 6860. The van der Waals surface area contributed by atoms with Crippen LogP contribution in [-0.2, 0) is 21.7 Å². The molecule has 0 amide bonds. The smallest absolute Gasteiger partial charge is 0.252 e. The summed E-state index contributed by atoms with van der Waals surface area (Å²) in [5, 5.41) is 10.4. The lowest BCUT2D eigenvalue weighted by Gasteiger charge is -2.45. The highest BCUT2D eigenvalue weighted by Gasteiger charge is 2.49. The highest BCUT2D eigenvalue weighted by molar-refractivity contribution is 7.22. The first-order chi connectivity index (χ1) is 62.5. The molecule has 2 nitrogen and oxygen atoms in total. The monoisotopic (exact) mass is 1690 g/mol. The quantitative estimate of drug-likeness (QED) is 0.0662. The van der Waals surface area contributed by atoms with Gasteiger partial charge in [-0.2, -0.15) is 0 Å². The molecule has 626 valence electrons. The van der Waals surface area contributed by atoms with Crippen LogP contribution in [0.15, 0.2) is 443 Å². The van der Waals surface area contributed by atoms with Gasteiger partial charge >= 0.3 is 0 Å². The minimum Gasteiger partial charge on any atom is -0.311 e. The molecule has 20 rings (SSSR count). The molecule has 0 bridgehead atoms. The second-order valence-corrected chi connectivity index (χ2v) is 47.2. The van der Waals surface area contributed by atoms with E-state index in [9.17, 15) is 0 Å². The lowest BCUT2D eigenvalue weighted by molar-refractivity contribution is 0.568. The van der Waals surface area contributed by atoms with Gasteiger partial charge in [0.05, 0.1) is 11.4 Å². The molecule has 129 heavy (non-hydrogen) atoms. The zero-order valence-corrected chi connectivity index (χ0v) is 78.1. The first kappa shape index (κ1) is 83.3. The Kier molecular flexibility index (Phi) is 21.5. The van der Waals surface area contributed by atoms with E-state index in [1.807, 2.05) is 0 Å². The molecule has 0 radical (unpaired) electrons. The number of nitrogens with zero attached hydrogens (tertiary/aromatic N) is 2. The maximum atomic E-state index is 2.73. The van der Waals surface area contributed by atoms with Crippen LogP contribution in [0.2, 0.25) is 0 Å². The molecule has 0 unspecified atom stereocenters. The number of para-hydroxylation sites is 2. The van der Waals surface area contributed by atoms with Crippen molar-refractivity contribution in [2.24, 2.45) is 0 Å². The molecule has 0 aliphatic carbocycles. The van der Waals surface area contributed by atoms with E-state index >= 15 is 0 Å². The summed E-state index contributed by atoms with van der Waals surface area (Å²) in [5.74, 6) is 0. The highest BCUT2D eigenvalue weighted by atomic mass is 28.3. The molecule has 0 saturated heterocycles. The van der Waals surface area contributed by atoms with E-state index in [1.165, 1.54) is 119 Å². The molecule has 0 saturated carbocycles. The summed E-state index contributed by atoms with van der Waals surface area (Å²) < 4.78 is 0. The van der Waals surface area contributed by atoms with Crippen molar-refractivity contribution in [3.63, 3.8) is 0 Å². The van der Waals surface area contributed by atoms with E-state index in [-0.39, 0.29) is 28.4 Å². The molecule has 2 aliphatic heterocycles. The minimum absolute atomic E-state index is 0.112. The summed E-state index contributed by atoms with van der Waals surface area (Å²) >= 11 is 0. The number of rotatable bonds is 17. The van der Waals surface area contributed by atoms with Crippen molar-refractivity contribution in [3.05, 3.63) is 465 Å². The highest BCUT2D eigenvalue weighted by Crippen LogP contribution is 2.52. The molecule has 0 N–H and O–H groups in total. The number of hydrogen-bond donors (Lipinski definition) is 0. The summed E-state index contributed by atoms with van der Waals surface area (Å²) in [7, 11) is -7.05. The minimum atomic E-state index is -3.53. The van der Waals surface area contributed by atoms with Crippen molar-refractivity contribution in [2.75, 3.05) is 9.80 Å². The molecule has 2 aliphatic rings. The second-order valence-electron chi connectivity index (χ2n) is 39.6. The summed E-state index contributed by atoms with van der Waals surface area (Å²) in [6, 6.07) is 172. The molecule has 0 aromatic heterocycles. The molecule has 0 spiro atoms. The fraction of sp³-hybridized carbons (Fsp3) is 0.129. The van der Waals surface area contributed by atoms with Crippen LogP contribution in [0.1, 0.15) is 105 Å². The van der Waals surface area contributed by atoms with Crippen molar-refractivity contribution in [1.29, 1.82) is 0 Å². The third-order valence-electron chi connectivity index (χ3n) is 27.3. The van der Waals surface area contributed by atoms with Gasteiger partial charge in [-0.1, -0.05) is 490 Å². The third-order valence-corrected chi connectivity index (χ3v) is 36.8. The van der Waals surface area contributed by atoms with Crippen molar-refractivity contribution in [1.82, 2.24) is 0 Å². The van der Waals surface area contributed by atoms with E-state index in [1.54, 1.807) is 0 Å². The van der Waals surface area contributed by atoms with Crippen LogP contribution in [0.3, 0.4) is 0 Å². The summed E-state index contributed by atoms with van der Waals surface area (Å²) in [6.45, 7) is 28.1. The Hall–Kier alpha value is -13.9. The second kappa shape index (κ2) is 33.4. The van der Waals surface area contributed by atoms with E-state index in [0.29, 0.717) is 0 Å². The van der Waals surface area contributed by atoms with Gasteiger partial charge in [-0.15, -0.1) is 0 Å². The molecular formula is C124H109BN2Si2. The first-order valence-corrected chi connectivity index (χ1v) is 49.9. The Morgan fingerprint density at radius 1 is 0.171 bits per heavy atom. The predicted molar refractivity (Wildman–Crippen MR) is 561 cm³/mol. The van der Waals surface area contributed by atoms with Gasteiger partial charge in [0, 0.05) is 33.9 Å². The fourth-order valence-electron chi connectivity index (χ4n) is 20.5. The Morgan fingerprint density at radius 2 is 0.419 bits per heavy atom. The maximum absolute atomic E-state index is 3.53. The number of hydrogen-bond acceptors (Lipinski definition) is 2. The molecule has 0 fully saturated rings. The van der Waals surface area contributed by atoms with Crippen molar-refractivity contribution >= 4 is 115 Å². The Morgan fingerprint density at radius 3 is 0.752 bits per heavy atom. The number of anilines is 6. The Balaban J connectivity index is 0.950. The van der Waals surface area contributed by atoms with Gasteiger partial charge in [-0.25, -0.2) is 0 Å². The summed E-state index contributed by atoms with van der Waals surface area (Å²) in [5.41, 5.74) is 31.5. The fourth-order valence-corrected chi connectivity index (χ4v) is 30.4. The van der Waals surface area contributed by atoms with Crippen LogP contribution in [0.5, 0.6) is 0 Å². The third kappa shape index (κ3) is 15.3. The van der Waals surface area contributed by atoms with Gasteiger partial charge in [-0.3, -0.25) is 0 Å². The van der Waals surface area contributed by atoms with Gasteiger partial charge in [0.15, 0.2) is 16.1 Å². The molecule has 5 heteroatoms. The molecule has 0 atom stereocenters. The first-order valence-electron chi connectivity index (χ1n) is 45.9. The van der Waals surface area contributed by atoms with Crippen molar-refractivity contribution in [3.8, 4) is 77.9 Å². The molecule has 18 aromatic rings. The van der Waals surface area contributed by atoms with Crippen molar-refractivity contribution < 1.29 is 0 Å². The van der Waals surface area contributed by atoms with Gasteiger partial charge < -0.3 is 9.80 Å². The van der Waals surface area contributed by atoms with Gasteiger partial charge in [-0.05, 0) is 205 Å². The summed E-state index contributed by atoms with van der Waals surface area (Å²) in [4.78, 5) is 5.39. The SMILES string of the molecule is CC(C)(C)c1cc(-c2ccc3c(c2)N(c2ccccc2-c2ccccc2)c2cc(-c4cc(C(C)(C)C)cc(C(C)(C)C)c4)cc4c2B3c2ccc(-c3cc([Si](c5ccccc5)(c5ccccc5)c5cccc(-c6ccccc6)c5)cc([Si](c5ccccc5)(c5ccccc5)c5cccc(-c6ccccc6)c5)c3)cc2N4c2ccccc2-c2ccccc2)cc(C(C)(C)C)c1. The molecule has 2 heterocycles. The van der Waals surface area contributed by atoms with Gasteiger partial charge in [0.1, 0.15) is 0 Å². The maximum Gasteiger partial charge on any atom is 0.252 e. The topological polar surface area (TPSA) is 6.48 Å². The lowest BCUT2D eigenvalue weighted by Crippen LogP contribution is -2.78. The average Bonchev–Trinajstić information content (AvgIpc) is 0.691. The van der Waals surface area contributed by atoms with E-state index in [4.69, 9.17) is 0 Å². The normalized spacial score (nSPS) is 12.8. The molecular weight excluding hydrogens is 1580 g/mol. The lowest BCUT2D eigenvalue weighted by atomic mass is 9.33. The van der Waals surface area contributed by atoms with Gasteiger partial charge in [0.2, 0.25) is 0 Å². The Labute approximate surface area is 766 Å². The van der Waals surface area contributed by atoms with E-state index < -0.39 is 16.1 Å². The average molecular weight is 1690 g/mol. The van der Waals surface area contributed by atoms with Crippen LogP contribution in [-0.4, -0.2) is 22.9 Å². The van der Waals surface area contributed by atoms with Gasteiger partial charge in [0.25, 0.3) is 6.71 Å². The van der Waals surface area contributed by atoms with Crippen LogP contribution in [0, 0.1) is 0 Å². The van der Waals surface area contributed by atoms with Crippen molar-refractivity contribution in [2.45, 2.75) is 105 Å². The van der Waals surface area contributed by atoms with E-state index in [0.717, 1.165) is 73.1 Å².